The van der Waals surface area contributed by atoms with Crippen molar-refractivity contribution in [2.75, 3.05) is 5.32 Å². The van der Waals surface area contributed by atoms with Gasteiger partial charge in [0.05, 0.1) is 13.7 Å². The smallest absolute Gasteiger partial charge is 0.346 e. The van der Waals surface area contributed by atoms with Crippen LogP contribution in [0.25, 0.3) is 0 Å². The highest BCUT2D eigenvalue weighted by molar-refractivity contribution is 9.13. The molecule has 2 rings (SSSR count). The van der Waals surface area contributed by atoms with Crippen molar-refractivity contribution in [3.05, 3.63) is 35.7 Å². The van der Waals surface area contributed by atoms with Gasteiger partial charge in [-0.1, -0.05) is 0 Å². The SMILES string of the molecule is Cc1cc(NC(=O)c2cc(Br)c(Br)s2)sc1C(=O)O. The van der Waals surface area contributed by atoms with Crippen molar-refractivity contribution in [1.29, 1.82) is 0 Å². The van der Waals surface area contributed by atoms with Crippen LogP contribution < -0.4 is 5.32 Å². The van der Waals surface area contributed by atoms with Gasteiger partial charge in [0.2, 0.25) is 0 Å². The molecule has 0 bridgehead atoms. The second-order valence-corrected chi connectivity index (χ2v) is 7.89. The van der Waals surface area contributed by atoms with Crippen LogP contribution in [0.1, 0.15) is 24.9 Å². The molecule has 1 amide bonds. The van der Waals surface area contributed by atoms with Gasteiger partial charge in [0.1, 0.15) is 4.88 Å². The van der Waals surface area contributed by atoms with Gasteiger partial charge in [-0.2, -0.15) is 0 Å². The molecule has 2 heterocycles. The molecule has 0 aliphatic rings. The fourth-order valence-electron chi connectivity index (χ4n) is 1.39. The molecular formula is C11H7Br2NO3S2. The molecule has 0 aliphatic carbocycles. The van der Waals surface area contributed by atoms with Gasteiger partial charge in [-0.3, -0.25) is 4.79 Å². The minimum atomic E-state index is -0.982. The fourth-order valence-corrected chi connectivity index (χ4v) is 4.23. The highest BCUT2D eigenvalue weighted by atomic mass is 79.9. The quantitative estimate of drug-likeness (QED) is 0.756. The molecule has 0 fully saturated rings. The lowest BCUT2D eigenvalue weighted by atomic mass is 10.3. The molecular weight excluding hydrogens is 418 g/mol. The average Bonchev–Trinajstić information content (AvgIpc) is 2.83. The summed E-state index contributed by atoms with van der Waals surface area (Å²) in [5.41, 5.74) is 0.640. The van der Waals surface area contributed by atoms with E-state index in [0.29, 0.717) is 15.4 Å². The zero-order valence-corrected chi connectivity index (χ0v) is 14.3. The van der Waals surface area contributed by atoms with E-state index < -0.39 is 5.97 Å². The topological polar surface area (TPSA) is 66.4 Å². The van der Waals surface area contributed by atoms with Crippen LogP contribution in [0.2, 0.25) is 0 Å². The lowest BCUT2D eigenvalue weighted by molar-refractivity contribution is 0.0701. The molecule has 8 heteroatoms. The Balaban J connectivity index is 2.19. The van der Waals surface area contributed by atoms with Crippen molar-refractivity contribution < 1.29 is 14.7 Å². The van der Waals surface area contributed by atoms with E-state index in [4.69, 9.17) is 5.11 Å². The summed E-state index contributed by atoms with van der Waals surface area (Å²) in [6, 6.07) is 3.37. The molecule has 2 aromatic heterocycles. The maximum absolute atomic E-state index is 12.0. The Hall–Kier alpha value is -0.700. The van der Waals surface area contributed by atoms with E-state index in [9.17, 15) is 9.59 Å². The molecule has 4 nitrogen and oxygen atoms in total. The third-order valence-electron chi connectivity index (χ3n) is 2.22. The number of carboxylic acids is 1. The standard InChI is InChI=1S/C11H7Br2NO3S2/c1-4-2-7(19-8(4)11(16)17)14-10(15)6-3-5(12)9(13)18-6/h2-3H,1H3,(H,14,15)(H,16,17). The van der Waals surface area contributed by atoms with E-state index >= 15 is 0 Å². The number of carboxylic acid groups (broad SMARTS) is 1. The number of aromatic carboxylic acids is 1. The normalized spacial score (nSPS) is 10.5. The minimum absolute atomic E-state index is 0.240. The number of nitrogens with one attached hydrogen (secondary N) is 1. The van der Waals surface area contributed by atoms with Crippen molar-refractivity contribution in [2.24, 2.45) is 0 Å². The summed E-state index contributed by atoms with van der Waals surface area (Å²) in [5.74, 6) is -1.24. The minimum Gasteiger partial charge on any atom is -0.477 e. The number of amides is 1. The first kappa shape index (κ1) is 14.7. The Kier molecular flexibility index (Phi) is 4.44. The van der Waals surface area contributed by atoms with Crippen LogP contribution in [0.15, 0.2) is 20.4 Å². The van der Waals surface area contributed by atoms with Gasteiger partial charge in [-0.25, -0.2) is 4.79 Å². The molecule has 100 valence electrons. The number of aryl methyl sites for hydroxylation is 1. The fraction of sp³-hybridized carbons (Fsp3) is 0.0909. The molecule has 0 atom stereocenters. The molecule has 0 aliphatic heterocycles. The summed E-state index contributed by atoms with van der Waals surface area (Å²) in [6.07, 6.45) is 0. The third kappa shape index (κ3) is 3.25. The van der Waals surface area contributed by atoms with Gasteiger partial charge < -0.3 is 10.4 Å². The van der Waals surface area contributed by atoms with Crippen molar-refractivity contribution in [3.63, 3.8) is 0 Å². The summed E-state index contributed by atoms with van der Waals surface area (Å²) in [7, 11) is 0. The summed E-state index contributed by atoms with van der Waals surface area (Å²) in [5, 5.41) is 12.2. The van der Waals surface area contributed by atoms with Gasteiger partial charge >= 0.3 is 5.97 Å². The molecule has 2 aromatic rings. The first-order chi connectivity index (χ1) is 8.88. The van der Waals surface area contributed by atoms with Gasteiger partial charge in [0.25, 0.3) is 5.91 Å². The number of carbonyl (C=O) groups excluding carboxylic acids is 1. The van der Waals surface area contributed by atoms with Crippen molar-refractivity contribution in [3.8, 4) is 0 Å². The summed E-state index contributed by atoms with van der Waals surface area (Å²) in [4.78, 5) is 23.7. The van der Waals surface area contributed by atoms with E-state index in [0.717, 1.165) is 19.6 Å². The van der Waals surface area contributed by atoms with Crippen LogP contribution in [-0.2, 0) is 0 Å². The van der Waals surface area contributed by atoms with Crippen LogP contribution in [0, 0.1) is 6.92 Å². The molecule has 0 saturated carbocycles. The molecule has 0 spiro atoms. The Bertz CT molecular complexity index is 643. The number of anilines is 1. The first-order valence-corrected chi connectivity index (χ1v) is 8.20. The molecule has 19 heavy (non-hydrogen) atoms. The molecule has 0 radical (unpaired) electrons. The lowest BCUT2D eigenvalue weighted by Gasteiger charge is -1.98. The summed E-state index contributed by atoms with van der Waals surface area (Å²) in [6.45, 7) is 1.70. The van der Waals surface area contributed by atoms with Gasteiger partial charge in [-0.15, -0.1) is 22.7 Å². The van der Waals surface area contributed by atoms with E-state index in [2.05, 4.69) is 37.2 Å². The van der Waals surface area contributed by atoms with Crippen LogP contribution in [0.4, 0.5) is 5.00 Å². The maximum Gasteiger partial charge on any atom is 0.346 e. The van der Waals surface area contributed by atoms with Crippen molar-refractivity contribution >= 4 is 71.4 Å². The first-order valence-electron chi connectivity index (χ1n) is 4.98. The molecule has 0 unspecified atom stereocenters. The highest BCUT2D eigenvalue weighted by Gasteiger charge is 2.16. The van der Waals surface area contributed by atoms with E-state index in [1.807, 2.05) is 0 Å². The zero-order chi connectivity index (χ0) is 14.2. The van der Waals surface area contributed by atoms with Crippen LogP contribution in [-0.4, -0.2) is 17.0 Å². The molecule has 0 aromatic carbocycles. The number of carbonyl (C=O) groups is 2. The number of hydrogen-bond acceptors (Lipinski definition) is 4. The number of halogens is 2. The van der Waals surface area contributed by atoms with E-state index in [1.165, 1.54) is 11.3 Å². The highest BCUT2D eigenvalue weighted by Crippen LogP contribution is 2.33. The maximum atomic E-state index is 12.0. The number of hydrogen-bond donors (Lipinski definition) is 2. The monoisotopic (exact) mass is 423 g/mol. The zero-order valence-electron chi connectivity index (χ0n) is 9.49. The van der Waals surface area contributed by atoms with Crippen molar-refractivity contribution in [2.45, 2.75) is 6.92 Å². The van der Waals surface area contributed by atoms with Crippen LogP contribution in [0.5, 0.6) is 0 Å². The molecule has 0 saturated heterocycles. The third-order valence-corrected chi connectivity index (χ3v) is 6.61. The predicted octanol–water partition coefficient (Wildman–Crippen LogP) is 4.59. The Morgan fingerprint density at radius 2 is 1.95 bits per heavy atom. The van der Waals surface area contributed by atoms with E-state index in [-0.39, 0.29) is 10.8 Å². The van der Waals surface area contributed by atoms with Gasteiger partial charge in [0, 0.05) is 4.47 Å². The Morgan fingerprint density at radius 3 is 2.42 bits per heavy atom. The van der Waals surface area contributed by atoms with Crippen molar-refractivity contribution in [1.82, 2.24) is 0 Å². The largest absolute Gasteiger partial charge is 0.477 e. The van der Waals surface area contributed by atoms with Gasteiger partial charge in [-0.05, 0) is 56.5 Å². The Labute approximate surface area is 133 Å². The predicted molar refractivity (Wildman–Crippen MR) is 83.7 cm³/mol. The summed E-state index contributed by atoms with van der Waals surface area (Å²) >= 11 is 8.99. The lowest BCUT2D eigenvalue weighted by Crippen LogP contribution is -2.08. The second-order valence-electron chi connectivity index (χ2n) is 3.61. The summed E-state index contributed by atoms with van der Waals surface area (Å²) < 4.78 is 1.66. The molecule has 2 N–H and O–H groups in total. The average molecular weight is 425 g/mol. The van der Waals surface area contributed by atoms with Crippen LogP contribution in [0.3, 0.4) is 0 Å². The van der Waals surface area contributed by atoms with Gasteiger partial charge in [0.15, 0.2) is 0 Å². The number of rotatable bonds is 3. The van der Waals surface area contributed by atoms with E-state index in [1.54, 1.807) is 19.1 Å². The Morgan fingerprint density at radius 1 is 1.26 bits per heavy atom. The van der Waals surface area contributed by atoms with Crippen LogP contribution >= 0.6 is 54.5 Å². The number of thiophene rings is 2. The second kappa shape index (κ2) is 5.74.